The topological polar surface area (TPSA) is 79.7 Å². The minimum absolute atomic E-state index is 0.0722. The third kappa shape index (κ3) is 4.45. The average molecular weight is 461 g/mol. The fraction of sp³-hybridized carbons (Fsp3) is 0.360. The van der Waals surface area contributed by atoms with E-state index in [1.54, 1.807) is 0 Å². The number of nitrogens with one attached hydrogen (secondary N) is 1. The van der Waals surface area contributed by atoms with Gasteiger partial charge in [-0.2, -0.15) is 11.8 Å². The van der Waals surface area contributed by atoms with Crippen LogP contribution in [0, 0.1) is 13.8 Å². The first-order valence-corrected chi connectivity index (χ1v) is 12.5. The minimum atomic E-state index is -0.287. The average Bonchev–Trinajstić information content (AvgIpc) is 3.30. The van der Waals surface area contributed by atoms with Crippen molar-refractivity contribution in [3.63, 3.8) is 0 Å². The van der Waals surface area contributed by atoms with Crippen molar-refractivity contribution < 1.29 is 0 Å². The van der Waals surface area contributed by atoms with Gasteiger partial charge in [-0.25, -0.2) is 4.68 Å². The van der Waals surface area contributed by atoms with Gasteiger partial charge < -0.3 is 4.98 Å². The maximum Gasteiger partial charge on any atom is 0.253 e. The highest BCUT2D eigenvalue weighted by atomic mass is 32.2. The van der Waals surface area contributed by atoms with Gasteiger partial charge >= 0.3 is 0 Å². The summed E-state index contributed by atoms with van der Waals surface area (Å²) in [6, 6.07) is 16.3. The predicted molar refractivity (Wildman–Crippen MR) is 133 cm³/mol. The van der Waals surface area contributed by atoms with E-state index in [9.17, 15) is 4.79 Å². The molecule has 0 bridgehead atoms. The second-order valence-electron chi connectivity index (χ2n) is 8.59. The van der Waals surface area contributed by atoms with Gasteiger partial charge in [-0.1, -0.05) is 42.5 Å². The van der Waals surface area contributed by atoms with Crippen molar-refractivity contribution in [3.05, 3.63) is 87.0 Å². The van der Waals surface area contributed by atoms with Crippen molar-refractivity contribution >= 4 is 22.7 Å². The van der Waals surface area contributed by atoms with Crippen molar-refractivity contribution in [3.8, 4) is 0 Å². The molecule has 1 fully saturated rings. The molecule has 1 aliphatic rings. The summed E-state index contributed by atoms with van der Waals surface area (Å²) in [5.74, 6) is 2.80. The third-order valence-electron chi connectivity index (χ3n) is 6.44. The number of thioether (sulfide) groups is 1. The van der Waals surface area contributed by atoms with E-state index in [1.165, 1.54) is 5.56 Å². The summed E-state index contributed by atoms with van der Waals surface area (Å²) in [6.45, 7) is 6.56. The van der Waals surface area contributed by atoms with Crippen LogP contribution in [0.25, 0.3) is 10.9 Å². The number of nitrogens with zero attached hydrogens (tertiary/aromatic N) is 5. The Labute approximate surface area is 197 Å². The lowest BCUT2D eigenvalue weighted by molar-refractivity contribution is 0.233. The smallest absolute Gasteiger partial charge is 0.253 e. The lowest BCUT2D eigenvalue weighted by Crippen LogP contribution is -2.40. The molecule has 7 nitrogen and oxygen atoms in total. The largest absolute Gasteiger partial charge is 0.321 e. The molecule has 8 heteroatoms. The maximum atomic E-state index is 13.4. The Morgan fingerprint density at radius 1 is 1.06 bits per heavy atom. The first-order chi connectivity index (χ1) is 16.1. The summed E-state index contributed by atoms with van der Waals surface area (Å²) in [6.07, 6.45) is 0.827. The molecule has 0 unspecified atom stereocenters. The highest BCUT2D eigenvalue weighted by molar-refractivity contribution is 7.99. The fourth-order valence-corrected chi connectivity index (χ4v) is 5.51. The molecule has 3 heterocycles. The number of hydrogen-bond donors (Lipinski definition) is 1. The molecule has 1 aliphatic heterocycles. The van der Waals surface area contributed by atoms with Crippen LogP contribution < -0.4 is 5.56 Å². The molecule has 0 spiro atoms. The van der Waals surface area contributed by atoms with E-state index in [0.717, 1.165) is 58.9 Å². The van der Waals surface area contributed by atoms with Gasteiger partial charge in [0.15, 0.2) is 5.82 Å². The summed E-state index contributed by atoms with van der Waals surface area (Å²) in [4.78, 5) is 18.9. The molecule has 33 heavy (non-hydrogen) atoms. The van der Waals surface area contributed by atoms with Crippen molar-refractivity contribution in [1.82, 2.24) is 30.1 Å². The first-order valence-electron chi connectivity index (χ1n) is 11.4. The van der Waals surface area contributed by atoms with E-state index in [0.29, 0.717) is 12.1 Å². The fourth-order valence-electron chi connectivity index (χ4n) is 4.58. The van der Waals surface area contributed by atoms with Gasteiger partial charge in [-0.3, -0.25) is 9.69 Å². The van der Waals surface area contributed by atoms with Gasteiger partial charge in [0.1, 0.15) is 6.04 Å². The van der Waals surface area contributed by atoms with Crippen molar-refractivity contribution in [2.45, 2.75) is 32.9 Å². The molecule has 1 atom stereocenters. The van der Waals surface area contributed by atoms with E-state index in [-0.39, 0.29) is 11.6 Å². The van der Waals surface area contributed by atoms with E-state index in [4.69, 9.17) is 0 Å². The first kappa shape index (κ1) is 21.9. The van der Waals surface area contributed by atoms with Gasteiger partial charge in [0.2, 0.25) is 0 Å². The SMILES string of the molecule is Cc1ccc(C)c2[nH]c(=O)c([C@H](c3nnnn3CCc3ccccc3)N3CCSCC3)cc12. The number of aromatic amines is 1. The Morgan fingerprint density at radius 2 is 1.82 bits per heavy atom. The van der Waals surface area contributed by atoms with Crippen molar-refractivity contribution in [2.75, 3.05) is 24.6 Å². The zero-order valence-corrected chi connectivity index (χ0v) is 19.8. The van der Waals surface area contributed by atoms with E-state index < -0.39 is 0 Å². The Morgan fingerprint density at radius 3 is 2.61 bits per heavy atom. The maximum absolute atomic E-state index is 13.4. The predicted octanol–water partition coefficient (Wildman–Crippen LogP) is 3.51. The normalized spacial score (nSPS) is 15.7. The highest BCUT2D eigenvalue weighted by Crippen LogP contribution is 2.30. The standard InChI is InChI=1S/C25H28N6OS/c1-17-8-9-18(2)22-20(17)16-21(25(32)26-22)23(30-12-14-33-15-13-30)24-27-28-29-31(24)11-10-19-6-4-3-5-7-19/h3-9,16,23H,10-15H2,1-2H3,(H,26,32)/t23-/m1/s1. The number of hydrogen-bond acceptors (Lipinski definition) is 6. The van der Waals surface area contributed by atoms with Crippen LogP contribution in [0.3, 0.4) is 0 Å². The van der Waals surface area contributed by atoms with Gasteiger partial charge in [0.25, 0.3) is 5.56 Å². The van der Waals surface area contributed by atoms with Gasteiger partial charge in [0.05, 0.1) is 5.52 Å². The Hall–Kier alpha value is -2.97. The van der Waals surface area contributed by atoms with E-state index in [1.807, 2.05) is 41.6 Å². The van der Waals surface area contributed by atoms with Crippen molar-refractivity contribution in [1.29, 1.82) is 0 Å². The van der Waals surface area contributed by atoms with Crippen LogP contribution in [0.15, 0.2) is 53.3 Å². The number of benzene rings is 2. The monoisotopic (exact) mass is 460 g/mol. The summed E-state index contributed by atoms with van der Waals surface area (Å²) in [5, 5.41) is 13.8. The van der Waals surface area contributed by atoms with Crippen LogP contribution in [0.2, 0.25) is 0 Å². The molecule has 2 aromatic carbocycles. The van der Waals surface area contributed by atoms with Crippen molar-refractivity contribution in [2.24, 2.45) is 0 Å². The molecule has 170 valence electrons. The molecule has 0 saturated carbocycles. The van der Waals surface area contributed by atoms with Crippen LogP contribution in [0.1, 0.15) is 34.1 Å². The van der Waals surface area contributed by atoms with Gasteiger partial charge in [-0.15, -0.1) is 5.10 Å². The number of aryl methyl sites for hydroxylation is 4. The van der Waals surface area contributed by atoms with Crippen LogP contribution in [0.5, 0.6) is 0 Å². The zero-order chi connectivity index (χ0) is 22.8. The van der Waals surface area contributed by atoms with E-state index in [2.05, 4.69) is 62.7 Å². The Kier molecular flexibility index (Phi) is 6.28. The number of H-pyrrole nitrogens is 1. The third-order valence-corrected chi connectivity index (χ3v) is 7.38. The lowest BCUT2D eigenvalue weighted by atomic mass is 9.99. The van der Waals surface area contributed by atoms with Crippen LogP contribution in [-0.4, -0.2) is 54.7 Å². The molecular weight excluding hydrogens is 432 g/mol. The number of rotatable bonds is 6. The lowest BCUT2D eigenvalue weighted by Gasteiger charge is -2.33. The quantitative estimate of drug-likeness (QED) is 0.474. The Bertz CT molecular complexity index is 1310. The number of pyridine rings is 1. The Balaban J connectivity index is 1.59. The zero-order valence-electron chi connectivity index (χ0n) is 19.0. The molecule has 0 amide bonds. The van der Waals surface area contributed by atoms with Gasteiger partial charge in [0, 0.05) is 42.1 Å². The second-order valence-corrected chi connectivity index (χ2v) is 9.81. The summed E-state index contributed by atoms with van der Waals surface area (Å²) in [5.41, 5.74) is 4.98. The molecule has 4 aromatic rings. The van der Waals surface area contributed by atoms with Crippen LogP contribution in [0.4, 0.5) is 0 Å². The molecule has 1 saturated heterocycles. The molecule has 1 N–H and O–H groups in total. The molecular formula is C25H28N6OS. The van der Waals surface area contributed by atoms with Crippen LogP contribution >= 0.6 is 11.8 Å². The van der Waals surface area contributed by atoms with Gasteiger partial charge in [-0.05, 0) is 53.5 Å². The highest BCUT2D eigenvalue weighted by Gasteiger charge is 2.31. The molecule has 2 aromatic heterocycles. The summed E-state index contributed by atoms with van der Waals surface area (Å²) < 4.78 is 1.87. The number of aromatic nitrogens is 5. The second kappa shape index (κ2) is 9.49. The van der Waals surface area contributed by atoms with Crippen LogP contribution in [-0.2, 0) is 13.0 Å². The minimum Gasteiger partial charge on any atom is -0.321 e. The number of fused-ring (bicyclic) bond motifs is 1. The molecule has 5 rings (SSSR count). The molecule has 0 aliphatic carbocycles. The molecule has 0 radical (unpaired) electrons. The summed E-state index contributed by atoms with van der Waals surface area (Å²) >= 11 is 1.95. The number of tetrazole rings is 1. The summed E-state index contributed by atoms with van der Waals surface area (Å²) in [7, 11) is 0. The van der Waals surface area contributed by atoms with E-state index >= 15 is 0 Å².